The lowest BCUT2D eigenvalue weighted by atomic mass is 10.00. The van der Waals surface area contributed by atoms with Crippen LogP contribution >= 0.6 is 0 Å². The largest absolute Gasteiger partial charge is 0.0959 e. The Labute approximate surface area is 76.0 Å². The van der Waals surface area contributed by atoms with E-state index < -0.39 is 0 Å². The van der Waals surface area contributed by atoms with Gasteiger partial charge < -0.3 is 0 Å². The Morgan fingerprint density at radius 2 is 1.00 bits per heavy atom. The zero-order valence-corrected chi connectivity index (χ0v) is 8.24. The first kappa shape index (κ1) is 11.0. The SMILES string of the molecule is C=C(C)C(=C)CCC(=C)C(=C)C. The normalized spacial score (nSPS) is 9.17. The molecule has 0 bridgehead atoms. The van der Waals surface area contributed by atoms with Gasteiger partial charge >= 0.3 is 0 Å². The van der Waals surface area contributed by atoms with Crippen molar-refractivity contribution in [2.24, 2.45) is 0 Å². The Morgan fingerprint density at radius 1 is 0.750 bits per heavy atom. The molecule has 0 aliphatic carbocycles. The van der Waals surface area contributed by atoms with Gasteiger partial charge in [-0.3, -0.25) is 0 Å². The van der Waals surface area contributed by atoms with Gasteiger partial charge in [0.1, 0.15) is 0 Å². The summed E-state index contributed by atoms with van der Waals surface area (Å²) >= 11 is 0. The maximum atomic E-state index is 3.92. The minimum atomic E-state index is 0.945. The van der Waals surface area contributed by atoms with Crippen molar-refractivity contribution in [2.45, 2.75) is 26.7 Å². The first-order valence-corrected chi connectivity index (χ1v) is 4.12. The molecule has 0 unspecified atom stereocenters. The minimum absolute atomic E-state index is 0.945. The molecule has 0 nitrogen and oxygen atoms in total. The molecule has 0 saturated heterocycles. The molecular formula is C12H18. The van der Waals surface area contributed by atoms with Crippen LogP contribution in [0.3, 0.4) is 0 Å². The third-order valence-electron chi connectivity index (χ3n) is 1.94. The van der Waals surface area contributed by atoms with Gasteiger partial charge in [0.15, 0.2) is 0 Å². The molecule has 12 heavy (non-hydrogen) atoms. The quantitative estimate of drug-likeness (QED) is 0.535. The molecule has 0 spiro atoms. The van der Waals surface area contributed by atoms with Crippen molar-refractivity contribution in [1.82, 2.24) is 0 Å². The Balaban J connectivity index is 3.85. The fourth-order valence-corrected chi connectivity index (χ4v) is 0.729. The molecule has 0 aromatic rings. The van der Waals surface area contributed by atoms with Gasteiger partial charge in [-0.15, -0.1) is 0 Å². The second kappa shape index (κ2) is 4.76. The topological polar surface area (TPSA) is 0 Å². The smallest absolute Gasteiger partial charge is 0.0242 e. The predicted molar refractivity (Wildman–Crippen MR) is 57.1 cm³/mol. The highest BCUT2D eigenvalue weighted by molar-refractivity contribution is 5.27. The van der Waals surface area contributed by atoms with Crippen molar-refractivity contribution < 1.29 is 0 Å². The highest BCUT2D eigenvalue weighted by Gasteiger charge is 1.98. The standard InChI is InChI=1S/C12H18/c1-9(2)11(5)7-8-12(6)10(3)4/h1,3,5-8H2,2,4H3. The summed E-state index contributed by atoms with van der Waals surface area (Å²) in [5.41, 5.74) is 4.34. The fraction of sp³-hybridized carbons (Fsp3) is 0.333. The second-order valence-corrected chi connectivity index (χ2v) is 3.27. The van der Waals surface area contributed by atoms with Gasteiger partial charge in [0, 0.05) is 0 Å². The van der Waals surface area contributed by atoms with Crippen LogP contribution in [0.4, 0.5) is 0 Å². The van der Waals surface area contributed by atoms with Gasteiger partial charge in [0.25, 0.3) is 0 Å². The first-order valence-electron chi connectivity index (χ1n) is 4.12. The van der Waals surface area contributed by atoms with Gasteiger partial charge in [-0.05, 0) is 26.7 Å². The molecule has 0 heteroatoms. The van der Waals surface area contributed by atoms with Crippen LogP contribution in [-0.4, -0.2) is 0 Å². The summed E-state index contributed by atoms with van der Waals surface area (Å²) in [4.78, 5) is 0. The number of rotatable bonds is 5. The molecule has 0 fully saturated rings. The summed E-state index contributed by atoms with van der Waals surface area (Å²) in [6.45, 7) is 19.4. The van der Waals surface area contributed by atoms with Crippen molar-refractivity contribution in [3.05, 3.63) is 48.6 Å². The van der Waals surface area contributed by atoms with Crippen LogP contribution in [0.2, 0.25) is 0 Å². The van der Waals surface area contributed by atoms with E-state index in [1.807, 2.05) is 13.8 Å². The number of hydrogen-bond acceptors (Lipinski definition) is 0. The molecule has 0 aliphatic rings. The van der Waals surface area contributed by atoms with Crippen molar-refractivity contribution >= 4 is 0 Å². The lowest BCUT2D eigenvalue weighted by Gasteiger charge is -2.06. The fourth-order valence-electron chi connectivity index (χ4n) is 0.729. The summed E-state index contributed by atoms with van der Waals surface area (Å²) in [6, 6.07) is 0. The Hall–Kier alpha value is -1.04. The van der Waals surface area contributed by atoms with Crippen molar-refractivity contribution in [3.63, 3.8) is 0 Å². The van der Waals surface area contributed by atoms with Gasteiger partial charge in [-0.2, -0.15) is 0 Å². The summed E-state index contributed by atoms with van der Waals surface area (Å²) < 4.78 is 0. The molecule has 0 amide bonds. The van der Waals surface area contributed by atoms with Crippen LogP contribution in [0.15, 0.2) is 48.6 Å². The molecule has 0 aliphatic heterocycles. The highest BCUT2D eigenvalue weighted by atomic mass is 14.0. The van der Waals surface area contributed by atoms with E-state index in [4.69, 9.17) is 0 Å². The van der Waals surface area contributed by atoms with E-state index in [9.17, 15) is 0 Å². The minimum Gasteiger partial charge on any atom is -0.0959 e. The summed E-state index contributed by atoms with van der Waals surface area (Å²) in [5.74, 6) is 0. The number of allylic oxidation sites excluding steroid dienone is 4. The maximum Gasteiger partial charge on any atom is -0.0242 e. The molecule has 0 aromatic carbocycles. The van der Waals surface area contributed by atoms with Crippen LogP contribution in [0.1, 0.15) is 26.7 Å². The average Bonchev–Trinajstić information content (AvgIpc) is 1.98. The molecule has 0 N–H and O–H groups in total. The molecular weight excluding hydrogens is 144 g/mol. The Morgan fingerprint density at radius 3 is 1.17 bits per heavy atom. The average molecular weight is 162 g/mol. The van der Waals surface area contributed by atoms with Crippen LogP contribution in [0.25, 0.3) is 0 Å². The van der Waals surface area contributed by atoms with Crippen LogP contribution in [-0.2, 0) is 0 Å². The van der Waals surface area contributed by atoms with E-state index in [2.05, 4.69) is 26.3 Å². The van der Waals surface area contributed by atoms with Crippen LogP contribution in [0, 0.1) is 0 Å². The van der Waals surface area contributed by atoms with Gasteiger partial charge in [-0.1, -0.05) is 48.6 Å². The lowest BCUT2D eigenvalue weighted by molar-refractivity contribution is 0.947. The Bertz CT molecular complexity index is 202. The molecule has 0 rings (SSSR count). The first-order chi connectivity index (χ1) is 5.45. The van der Waals surface area contributed by atoms with E-state index in [1.54, 1.807) is 0 Å². The van der Waals surface area contributed by atoms with E-state index in [1.165, 1.54) is 0 Å². The third-order valence-corrected chi connectivity index (χ3v) is 1.94. The lowest BCUT2D eigenvalue weighted by Crippen LogP contribution is -1.86. The van der Waals surface area contributed by atoms with E-state index in [-0.39, 0.29) is 0 Å². The molecule has 0 atom stereocenters. The molecule has 0 radical (unpaired) electrons. The summed E-state index contributed by atoms with van der Waals surface area (Å²) in [7, 11) is 0. The Kier molecular flexibility index (Phi) is 4.35. The van der Waals surface area contributed by atoms with E-state index >= 15 is 0 Å². The van der Waals surface area contributed by atoms with Crippen molar-refractivity contribution in [1.29, 1.82) is 0 Å². The van der Waals surface area contributed by atoms with Gasteiger partial charge in [-0.25, -0.2) is 0 Å². The van der Waals surface area contributed by atoms with Crippen LogP contribution < -0.4 is 0 Å². The summed E-state index contributed by atoms with van der Waals surface area (Å²) in [5, 5.41) is 0. The van der Waals surface area contributed by atoms with Crippen molar-refractivity contribution in [3.8, 4) is 0 Å². The maximum absolute atomic E-state index is 3.92. The predicted octanol–water partition coefficient (Wildman–Crippen LogP) is 4.03. The zero-order valence-electron chi connectivity index (χ0n) is 8.24. The molecule has 0 heterocycles. The molecule has 66 valence electrons. The van der Waals surface area contributed by atoms with E-state index in [0.29, 0.717) is 0 Å². The van der Waals surface area contributed by atoms with Crippen molar-refractivity contribution in [2.75, 3.05) is 0 Å². The molecule has 0 aromatic heterocycles. The highest BCUT2D eigenvalue weighted by Crippen LogP contribution is 2.17. The third kappa shape index (κ3) is 3.97. The van der Waals surface area contributed by atoms with E-state index in [0.717, 1.165) is 35.1 Å². The van der Waals surface area contributed by atoms with Crippen LogP contribution in [0.5, 0.6) is 0 Å². The summed E-state index contributed by atoms with van der Waals surface area (Å²) in [6.07, 6.45) is 1.89. The second-order valence-electron chi connectivity index (χ2n) is 3.27. The van der Waals surface area contributed by atoms with Gasteiger partial charge in [0.2, 0.25) is 0 Å². The molecule has 0 saturated carbocycles. The monoisotopic (exact) mass is 162 g/mol. The number of hydrogen-bond donors (Lipinski definition) is 0. The van der Waals surface area contributed by atoms with Gasteiger partial charge in [0.05, 0.1) is 0 Å². The zero-order chi connectivity index (χ0) is 9.72.